The van der Waals surface area contributed by atoms with Gasteiger partial charge in [-0.3, -0.25) is 19.2 Å². The van der Waals surface area contributed by atoms with E-state index in [1.807, 2.05) is 0 Å². The highest BCUT2D eigenvalue weighted by molar-refractivity contribution is 5.92. The van der Waals surface area contributed by atoms with E-state index in [-0.39, 0.29) is 6.42 Å². The van der Waals surface area contributed by atoms with Crippen LogP contribution in [-0.2, 0) is 33.4 Å². The maximum atomic E-state index is 12.1. The number of aliphatic carboxylic acids is 1. The van der Waals surface area contributed by atoms with Crippen molar-refractivity contribution in [2.75, 3.05) is 0 Å². The maximum Gasteiger partial charge on any atom is 0.315 e. The molecule has 0 saturated heterocycles. The number of carboxylic acids is 1. The molecule has 1 N–H and O–H groups in total. The number of ether oxygens (including phenoxy) is 3. The maximum absolute atomic E-state index is 12.1. The lowest BCUT2D eigenvalue weighted by Crippen LogP contribution is -2.37. The van der Waals surface area contributed by atoms with Crippen LogP contribution in [-0.4, -0.2) is 29.0 Å². The number of rotatable bonds is 7. The first-order chi connectivity index (χ1) is 10.9. The van der Waals surface area contributed by atoms with Gasteiger partial charge < -0.3 is 19.3 Å². The van der Waals surface area contributed by atoms with Gasteiger partial charge in [-0.1, -0.05) is 19.7 Å². The van der Waals surface area contributed by atoms with Gasteiger partial charge in [-0.25, -0.2) is 0 Å². The molecule has 0 heterocycles. The highest BCUT2D eigenvalue weighted by atomic mass is 16.5. The number of hydrogen-bond donors (Lipinski definition) is 1. The number of carbonyl (C=O) groups excluding carboxylic acids is 3. The second kappa shape index (κ2) is 7.92. The van der Waals surface area contributed by atoms with Crippen LogP contribution >= 0.6 is 0 Å². The predicted octanol–water partition coefficient (Wildman–Crippen LogP) is 1.000. The third kappa shape index (κ3) is 3.85. The van der Waals surface area contributed by atoms with E-state index in [4.69, 9.17) is 0 Å². The minimum atomic E-state index is -1.42. The third-order valence-corrected chi connectivity index (χ3v) is 3.52. The molecule has 0 bridgehead atoms. The van der Waals surface area contributed by atoms with Crippen molar-refractivity contribution in [3.8, 4) is 0 Å². The van der Waals surface area contributed by atoms with Crippen LogP contribution in [0.4, 0.5) is 0 Å². The van der Waals surface area contributed by atoms with Crippen molar-refractivity contribution in [2.24, 2.45) is 23.7 Å². The molecule has 0 spiro atoms. The van der Waals surface area contributed by atoms with Crippen LogP contribution < -0.4 is 0 Å². The quantitative estimate of drug-likeness (QED) is 0.419. The molecule has 1 saturated carbocycles. The Kier molecular flexibility index (Phi) is 6.25. The zero-order valence-electron chi connectivity index (χ0n) is 12.2. The van der Waals surface area contributed by atoms with E-state index in [2.05, 4.69) is 33.9 Å². The molecule has 8 heteroatoms. The van der Waals surface area contributed by atoms with E-state index in [0.717, 1.165) is 18.8 Å². The van der Waals surface area contributed by atoms with Gasteiger partial charge in [0, 0.05) is 0 Å². The molecule has 1 rings (SSSR count). The monoisotopic (exact) mass is 324 g/mol. The Hall–Kier alpha value is -2.90. The molecule has 124 valence electrons. The van der Waals surface area contributed by atoms with Crippen LogP contribution in [0.2, 0.25) is 0 Å². The van der Waals surface area contributed by atoms with Crippen molar-refractivity contribution in [2.45, 2.75) is 6.42 Å². The van der Waals surface area contributed by atoms with Crippen LogP contribution in [0.3, 0.4) is 0 Å². The van der Waals surface area contributed by atoms with Gasteiger partial charge in [-0.2, -0.15) is 0 Å². The largest absolute Gasteiger partial charge is 0.481 e. The van der Waals surface area contributed by atoms with E-state index >= 15 is 0 Å². The van der Waals surface area contributed by atoms with Gasteiger partial charge >= 0.3 is 23.9 Å². The summed E-state index contributed by atoms with van der Waals surface area (Å²) >= 11 is 0. The summed E-state index contributed by atoms with van der Waals surface area (Å²) < 4.78 is 13.9. The molecule has 4 atom stereocenters. The van der Waals surface area contributed by atoms with E-state index in [9.17, 15) is 24.3 Å². The van der Waals surface area contributed by atoms with Crippen LogP contribution in [0.5, 0.6) is 0 Å². The van der Waals surface area contributed by atoms with Crippen molar-refractivity contribution >= 4 is 23.9 Å². The second-order valence-corrected chi connectivity index (χ2v) is 4.65. The Bertz CT molecular complexity index is 550. The van der Waals surface area contributed by atoms with E-state index in [1.54, 1.807) is 0 Å². The molecule has 0 aromatic rings. The summed E-state index contributed by atoms with van der Waals surface area (Å²) in [5, 5.41) is 9.28. The smallest absolute Gasteiger partial charge is 0.315 e. The van der Waals surface area contributed by atoms with Crippen molar-refractivity contribution in [3.63, 3.8) is 0 Å². The summed E-state index contributed by atoms with van der Waals surface area (Å²) in [4.78, 5) is 47.5. The molecular formula is C15H16O8. The van der Waals surface area contributed by atoms with Crippen molar-refractivity contribution < 1.29 is 38.5 Å². The minimum Gasteiger partial charge on any atom is -0.481 e. The molecule has 1 aliphatic carbocycles. The Morgan fingerprint density at radius 1 is 0.783 bits per heavy atom. The first kappa shape index (κ1) is 18.1. The Morgan fingerprint density at radius 3 is 1.57 bits per heavy atom. The van der Waals surface area contributed by atoms with E-state index in [1.165, 1.54) is 0 Å². The fourth-order valence-electron chi connectivity index (χ4n) is 2.68. The lowest BCUT2D eigenvalue weighted by molar-refractivity contribution is -0.161. The molecule has 4 unspecified atom stereocenters. The highest BCUT2D eigenvalue weighted by Gasteiger charge is 2.57. The van der Waals surface area contributed by atoms with Crippen molar-refractivity contribution in [1.29, 1.82) is 0 Å². The molecule has 0 aromatic heterocycles. The molecule has 1 fully saturated rings. The Labute approximate surface area is 132 Å². The third-order valence-electron chi connectivity index (χ3n) is 3.52. The first-order valence-electron chi connectivity index (χ1n) is 6.56. The standard InChI is InChI=1S/C15H16O8/c1-4-21-13(18)9-7-8(12(16)17)10(14(19)22-5-2)11(9)15(20)23-6-3/h4-6,8-11H,1-3,7H2,(H,16,17). The van der Waals surface area contributed by atoms with E-state index in [0.29, 0.717) is 0 Å². The van der Waals surface area contributed by atoms with Gasteiger partial charge in [-0.15, -0.1) is 0 Å². The molecule has 23 heavy (non-hydrogen) atoms. The molecule has 1 aliphatic rings. The van der Waals surface area contributed by atoms with Crippen LogP contribution in [0.15, 0.2) is 38.5 Å². The van der Waals surface area contributed by atoms with Crippen LogP contribution in [0.25, 0.3) is 0 Å². The molecule has 8 nitrogen and oxygen atoms in total. The molecular weight excluding hydrogens is 308 g/mol. The molecule has 0 aliphatic heterocycles. The van der Waals surface area contributed by atoms with Gasteiger partial charge in [-0.05, 0) is 6.42 Å². The fourth-order valence-corrected chi connectivity index (χ4v) is 2.68. The summed E-state index contributed by atoms with van der Waals surface area (Å²) in [6.45, 7) is 9.64. The van der Waals surface area contributed by atoms with E-state index < -0.39 is 47.5 Å². The number of esters is 3. The summed E-state index contributed by atoms with van der Waals surface area (Å²) in [6.07, 6.45) is 2.20. The summed E-state index contributed by atoms with van der Waals surface area (Å²) in [5.41, 5.74) is 0. The summed E-state index contributed by atoms with van der Waals surface area (Å²) in [5.74, 6) is -9.49. The average Bonchev–Trinajstić information content (AvgIpc) is 2.88. The van der Waals surface area contributed by atoms with Gasteiger partial charge in [0.05, 0.1) is 42.5 Å². The molecule has 0 aromatic carbocycles. The Balaban J connectivity index is 3.28. The predicted molar refractivity (Wildman–Crippen MR) is 75.1 cm³/mol. The van der Waals surface area contributed by atoms with Gasteiger partial charge in [0.1, 0.15) is 0 Å². The fraction of sp³-hybridized carbons (Fsp3) is 0.333. The second-order valence-electron chi connectivity index (χ2n) is 4.65. The number of carbonyl (C=O) groups is 4. The van der Waals surface area contributed by atoms with Crippen LogP contribution in [0.1, 0.15) is 6.42 Å². The normalized spacial score (nSPS) is 25.7. The number of carboxylic acid groups (broad SMARTS) is 1. The summed E-state index contributed by atoms with van der Waals surface area (Å²) in [6, 6.07) is 0. The van der Waals surface area contributed by atoms with Gasteiger partial charge in [0.25, 0.3) is 0 Å². The lowest BCUT2D eigenvalue weighted by atomic mass is 9.86. The summed E-state index contributed by atoms with van der Waals surface area (Å²) in [7, 11) is 0. The first-order valence-corrected chi connectivity index (χ1v) is 6.56. The molecule has 0 radical (unpaired) electrons. The zero-order valence-corrected chi connectivity index (χ0v) is 12.2. The van der Waals surface area contributed by atoms with Gasteiger partial charge in [0.15, 0.2) is 0 Å². The minimum absolute atomic E-state index is 0.282. The van der Waals surface area contributed by atoms with Crippen molar-refractivity contribution in [1.82, 2.24) is 0 Å². The topological polar surface area (TPSA) is 116 Å². The molecule has 0 amide bonds. The lowest BCUT2D eigenvalue weighted by Gasteiger charge is -2.20. The Morgan fingerprint density at radius 2 is 1.17 bits per heavy atom. The van der Waals surface area contributed by atoms with Gasteiger partial charge in [0.2, 0.25) is 0 Å². The van der Waals surface area contributed by atoms with Crippen molar-refractivity contribution in [3.05, 3.63) is 38.5 Å². The SMILES string of the molecule is C=COC(=O)C1CC(C(=O)O)C(C(=O)OC=C)C1C(=O)OC=C. The van der Waals surface area contributed by atoms with Crippen LogP contribution in [0, 0.1) is 23.7 Å². The number of hydrogen-bond acceptors (Lipinski definition) is 7. The average molecular weight is 324 g/mol. The highest BCUT2D eigenvalue weighted by Crippen LogP contribution is 2.44. The zero-order chi connectivity index (χ0) is 17.6.